The fraction of sp³-hybridized carbons (Fsp3) is 0.192. The van der Waals surface area contributed by atoms with E-state index in [1.54, 1.807) is 18.9 Å². The number of hydrogen-bond acceptors (Lipinski definition) is 6. The summed E-state index contributed by atoms with van der Waals surface area (Å²) in [7, 11) is 3.23. The van der Waals surface area contributed by atoms with Crippen LogP contribution in [0.3, 0.4) is 0 Å². The first kappa shape index (κ1) is 20.8. The monoisotopic (exact) mass is 441 g/mol. The highest BCUT2D eigenvalue weighted by atomic mass is 16.5. The minimum absolute atomic E-state index is 0.380. The van der Waals surface area contributed by atoms with Gasteiger partial charge in [-0.3, -0.25) is 4.79 Å². The minimum atomic E-state index is -0.676. The average Bonchev–Trinajstić information content (AvgIpc) is 3.24. The van der Waals surface area contributed by atoms with Gasteiger partial charge in [-0.1, -0.05) is 59.8 Å². The Morgan fingerprint density at radius 3 is 2.36 bits per heavy atom. The molecule has 7 heteroatoms. The smallest absolute Gasteiger partial charge is 0.303 e. The molecule has 7 nitrogen and oxygen atoms in total. The number of nitrogens with zero attached hydrogens (tertiary/aromatic N) is 3. The molecule has 5 rings (SSSR count). The van der Waals surface area contributed by atoms with Crippen LogP contribution < -0.4 is 9.47 Å². The van der Waals surface area contributed by atoms with Gasteiger partial charge in [-0.25, -0.2) is 4.68 Å². The maximum atomic E-state index is 12.2. The van der Waals surface area contributed by atoms with Gasteiger partial charge in [0.25, 0.3) is 0 Å². The summed E-state index contributed by atoms with van der Waals surface area (Å²) in [6, 6.07) is 21.6. The number of benzene rings is 3. The van der Waals surface area contributed by atoms with Crippen molar-refractivity contribution >= 4 is 5.97 Å². The van der Waals surface area contributed by atoms with Gasteiger partial charge in [-0.2, -0.15) is 0 Å². The quantitative estimate of drug-likeness (QED) is 0.430. The maximum absolute atomic E-state index is 12.2. The van der Waals surface area contributed by atoms with Gasteiger partial charge in [0.2, 0.25) is 0 Å². The summed E-state index contributed by atoms with van der Waals surface area (Å²) in [5.74, 6) is 0.880. The van der Waals surface area contributed by atoms with Gasteiger partial charge in [-0.15, -0.1) is 5.10 Å². The van der Waals surface area contributed by atoms with E-state index in [9.17, 15) is 4.79 Å². The zero-order valence-corrected chi connectivity index (χ0v) is 18.6. The Kier molecular flexibility index (Phi) is 5.30. The number of methoxy groups -OCH3 is 2. The standard InChI is InChI=1S/C26H23N3O4/c1-16(30)33-26-20-12-8-7-11-19(20)21-14-23(32-3)22(31-2)13-18(21)15-29-25(26)24(27-28-29)17-9-5-4-6-10-17/h4-14,26H,15H2,1-3H3. The lowest BCUT2D eigenvalue weighted by atomic mass is 9.89. The molecule has 0 fully saturated rings. The molecule has 0 bridgehead atoms. The Bertz CT molecular complexity index is 1330. The number of aromatic nitrogens is 3. The van der Waals surface area contributed by atoms with Gasteiger partial charge in [0.15, 0.2) is 17.6 Å². The third-order valence-corrected chi connectivity index (χ3v) is 5.82. The largest absolute Gasteiger partial charge is 0.493 e. The van der Waals surface area contributed by atoms with E-state index in [0.717, 1.165) is 33.5 Å². The molecule has 1 aliphatic heterocycles. The summed E-state index contributed by atoms with van der Waals surface area (Å²) in [5.41, 5.74) is 6.06. The summed E-state index contributed by atoms with van der Waals surface area (Å²) in [4.78, 5) is 12.2. The molecule has 33 heavy (non-hydrogen) atoms. The maximum Gasteiger partial charge on any atom is 0.303 e. The molecular weight excluding hydrogens is 418 g/mol. The van der Waals surface area contributed by atoms with Gasteiger partial charge in [0.05, 0.1) is 20.8 Å². The third kappa shape index (κ3) is 3.61. The van der Waals surface area contributed by atoms with Crippen LogP contribution in [0.25, 0.3) is 22.4 Å². The molecule has 0 aliphatic carbocycles. The van der Waals surface area contributed by atoms with E-state index in [1.165, 1.54) is 6.92 Å². The van der Waals surface area contributed by atoms with Gasteiger partial charge in [0, 0.05) is 18.1 Å². The van der Waals surface area contributed by atoms with Gasteiger partial charge < -0.3 is 14.2 Å². The number of carbonyl (C=O) groups excluding carboxylic acids is 1. The molecule has 0 amide bonds. The van der Waals surface area contributed by atoms with E-state index in [2.05, 4.69) is 10.3 Å². The second-order valence-electron chi connectivity index (χ2n) is 7.79. The zero-order valence-electron chi connectivity index (χ0n) is 18.6. The van der Waals surface area contributed by atoms with E-state index in [-0.39, 0.29) is 5.97 Å². The van der Waals surface area contributed by atoms with Crippen LogP contribution in [0.2, 0.25) is 0 Å². The Hall–Kier alpha value is -4.13. The summed E-state index contributed by atoms with van der Waals surface area (Å²) >= 11 is 0. The van der Waals surface area contributed by atoms with Crippen LogP contribution >= 0.6 is 0 Å². The second kappa shape index (κ2) is 8.43. The number of hydrogen-bond donors (Lipinski definition) is 0. The normalized spacial score (nSPS) is 14.2. The van der Waals surface area contributed by atoms with Crippen molar-refractivity contribution in [1.29, 1.82) is 0 Å². The lowest BCUT2D eigenvalue weighted by Crippen LogP contribution is -2.20. The minimum Gasteiger partial charge on any atom is -0.493 e. The molecule has 4 aromatic rings. The van der Waals surface area contributed by atoms with Crippen LogP contribution in [0.4, 0.5) is 0 Å². The predicted octanol–water partition coefficient (Wildman–Crippen LogP) is 4.64. The molecule has 0 saturated carbocycles. The van der Waals surface area contributed by atoms with Crippen LogP contribution in [0.15, 0.2) is 66.7 Å². The predicted molar refractivity (Wildman–Crippen MR) is 123 cm³/mol. The third-order valence-electron chi connectivity index (χ3n) is 5.82. The summed E-state index contributed by atoms with van der Waals surface area (Å²) in [6.45, 7) is 1.84. The highest BCUT2D eigenvalue weighted by molar-refractivity contribution is 5.77. The Morgan fingerprint density at radius 1 is 0.939 bits per heavy atom. The molecule has 1 aliphatic rings. The van der Waals surface area contributed by atoms with Crippen molar-refractivity contribution in [1.82, 2.24) is 15.0 Å². The molecule has 2 heterocycles. The van der Waals surface area contributed by atoms with E-state index < -0.39 is 6.10 Å². The molecular formula is C26H23N3O4. The van der Waals surface area contributed by atoms with Crippen molar-refractivity contribution in [3.05, 3.63) is 83.6 Å². The molecule has 1 unspecified atom stereocenters. The van der Waals surface area contributed by atoms with Crippen LogP contribution in [-0.2, 0) is 16.1 Å². The Balaban J connectivity index is 1.83. The van der Waals surface area contributed by atoms with Crippen molar-refractivity contribution in [2.24, 2.45) is 0 Å². The first-order valence-corrected chi connectivity index (χ1v) is 10.6. The molecule has 1 aromatic heterocycles. The number of ether oxygens (including phenoxy) is 3. The average molecular weight is 441 g/mol. The number of fused-ring (bicyclic) bond motifs is 4. The van der Waals surface area contributed by atoms with Gasteiger partial charge in [0.1, 0.15) is 11.4 Å². The number of carbonyl (C=O) groups is 1. The molecule has 1 atom stereocenters. The molecule has 3 aromatic carbocycles. The highest BCUT2D eigenvalue weighted by Gasteiger charge is 2.32. The van der Waals surface area contributed by atoms with Crippen molar-refractivity contribution in [3.63, 3.8) is 0 Å². The second-order valence-corrected chi connectivity index (χ2v) is 7.79. The Morgan fingerprint density at radius 2 is 1.64 bits per heavy atom. The number of rotatable bonds is 4. The molecule has 0 spiro atoms. The highest BCUT2D eigenvalue weighted by Crippen LogP contribution is 2.44. The van der Waals surface area contributed by atoms with Crippen molar-refractivity contribution in [2.45, 2.75) is 19.6 Å². The van der Waals surface area contributed by atoms with Gasteiger partial charge >= 0.3 is 5.97 Å². The van der Waals surface area contributed by atoms with Crippen LogP contribution in [0.5, 0.6) is 11.5 Å². The molecule has 0 saturated heterocycles. The van der Waals surface area contributed by atoms with Crippen molar-refractivity contribution < 1.29 is 19.0 Å². The summed E-state index contributed by atoms with van der Waals surface area (Å²) < 4.78 is 18.8. The van der Waals surface area contributed by atoms with E-state index in [4.69, 9.17) is 14.2 Å². The molecule has 0 N–H and O–H groups in total. The Labute approximate surface area is 191 Å². The summed E-state index contributed by atoms with van der Waals surface area (Å²) in [6.07, 6.45) is -0.676. The van der Waals surface area contributed by atoms with Gasteiger partial charge in [-0.05, 0) is 28.8 Å². The fourth-order valence-electron chi connectivity index (χ4n) is 4.37. The van der Waals surface area contributed by atoms with Crippen molar-refractivity contribution in [2.75, 3.05) is 14.2 Å². The number of esters is 1. The van der Waals surface area contributed by atoms with Crippen molar-refractivity contribution in [3.8, 4) is 33.9 Å². The zero-order chi connectivity index (χ0) is 22.9. The molecule has 166 valence electrons. The van der Waals surface area contributed by atoms with Crippen LogP contribution in [0.1, 0.15) is 29.8 Å². The first-order chi connectivity index (χ1) is 16.1. The van der Waals surface area contributed by atoms with Crippen LogP contribution in [0, 0.1) is 0 Å². The van der Waals surface area contributed by atoms with E-state index >= 15 is 0 Å². The van der Waals surface area contributed by atoms with E-state index in [0.29, 0.717) is 23.7 Å². The summed E-state index contributed by atoms with van der Waals surface area (Å²) in [5, 5.41) is 8.96. The van der Waals surface area contributed by atoms with Crippen LogP contribution in [-0.4, -0.2) is 35.2 Å². The lowest BCUT2D eigenvalue weighted by Gasteiger charge is -2.26. The first-order valence-electron chi connectivity index (χ1n) is 10.6. The molecule has 0 radical (unpaired) electrons. The fourth-order valence-corrected chi connectivity index (χ4v) is 4.37. The SMILES string of the molecule is COc1cc2c(cc1OC)-c1ccccc1C(OC(C)=O)c1c(-c3ccccc3)nnn1C2. The lowest BCUT2D eigenvalue weighted by molar-refractivity contribution is -0.145. The van der Waals surface area contributed by atoms with E-state index in [1.807, 2.05) is 66.7 Å². The topological polar surface area (TPSA) is 75.5 Å².